The van der Waals surface area contributed by atoms with Crippen molar-refractivity contribution in [1.82, 2.24) is 0 Å². The predicted molar refractivity (Wildman–Crippen MR) is 84.4 cm³/mol. The summed E-state index contributed by atoms with van der Waals surface area (Å²) in [6.07, 6.45) is 0.321. The number of amides is 1. The third-order valence-electron chi connectivity index (χ3n) is 3.11. The number of carbonyl (C=O) groups excluding carboxylic acids is 2. The fourth-order valence-corrected chi connectivity index (χ4v) is 2.26. The number of carbonyl (C=O) groups is 2. The molecule has 1 unspecified atom stereocenters. The Bertz CT molecular complexity index is 529. The molecule has 0 saturated heterocycles. The largest absolute Gasteiger partial charge is 0.460 e. The highest BCUT2D eigenvalue weighted by Crippen LogP contribution is 2.28. The second kappa shape index (κ2) is 6.74. The number of nitrogens with one attached hydrogen (secondary N) is 1. The number of benzene rings is 1. The first kappa shape index (κ1) is 17.2. The Kier molecular flexibility index (Phi) is 5.53. The van der Waals surface area contributed by atoms with Crippen LogP contribution >= 0.6 is 0 Å². The second-order valence-corrected chi connectivity index (χ2v) is 6.39. The lowest BCUT2D eigenvalue weighted by atomic mass is 9.92. The van der Waals surface area contributed by atoms with Crippen molar-refractivity contribution in [1.29, 1.82) is 0 Å². The van der Waals surface area contributed by atoms with Crippen molar-refractivity contribution in [2.24, 2.45) is 0 Å². The van der Waals surface area contributed by atoms with Crippen LogP contribution in [0.4, 0.5) is 5.69 Å². The molecule has 0 heterocycles. The molecule has 0 bridgehead atoms. The van der Waals surface area contributed by atoms with Crippen molar-refractivity contribution < 1.29 is 14.3 Å². The van der Waals surface area contributed by atoms with Gasteiger partial charge in [0.2, 0.25) is 5.91 Å². The molecule has 1 rings (SSSR count). The van der Waals surface area contributed by atoms with Crippen LogP contribution in [0, 0.1) is 6.92 Å². The van der Waals surface area contributed by atoms with Crippen molar-refractivity contribution >= 4 is 17.6 Å². The third-order valence-corrected chi connectivity index (χ3v) is 3.11. The third kappa shape index (κ3) is 5.58. The maximum atomic E-state index is 11.9. The molecule has 1 N–H and O–H groups in total. The van der Waals surface area contributed by atoms with E-state index in [0.717, 1.165) is 16.8 Å². The van der Waals surface area contributed by atoms with Crippen molar-refractivity contribution in [3.05, 3.63) is 29.3 Å². The Morgan fingerprint density at radius 3 is 2.43 bits per heavy atom. The molecule has 0 radical (unpaired) electrons. The van der Waals surface area contributed by atoms with Gasteiger partial charge in [0.25, 0.3) is 0 Å². The molecule has 4 nitrogen and oxygen atoms in total. The minimum absolute atomic E-state index is 0.0357. The molecule has 0 aliphatic carbocycles. The Morgan fingerprint density at radius 1 is 1.29 bits per heavy atom. The first-order valence-corrected chi connectivity index (χ1v) is 7.19. The highest BCUT2D eigenvalue weighted by atomic mass is 16.6. The summed E-state index contributed by atoms with van der Waals surface area (Å²) in [5.41, 5.74) is 2.36. The van der Waals surface area contributed by atoms with Crippen LogP contribution in [0.3, 0.4) is 0 Å². The fourth-order valence-electron chi connectivity index (χ4n) is 2.26. The molecule has 0 aliphatic rings. The minimum Gasteiger partial charge on any atom is -0.460 e. The van der Waals surface area contributed by atoms with Crippen LogP contribution in [0.1, 0.15) is 58.1 Å². The predicted octanol–water partition coefficient (Wildman–Crippen LogP) is 3.79. The van der Waals surface area contributed by atoms with Gasteiger partial charge in [-0.25, -0.2) is 0 Å². The first-order valence-electron chi connectivity index (χ1n) is 7.19. The normalized spacial score (nSPS) is 12.7. The number of hydrogen-bond donors (Lipinski definition) is 1. The quantitative estimate of drug-likeness (QED) is 0.859. The summed E-state index contributed by atoms with van der Waals surface area (Å²) < 4.78 is 5.36. The van der Waals surface area contributed by atoms with E-state index in [1.54, 1.807) is 0 Å². The van der Waals surface area contributed by atoms with Gasteiger partial charge in [-0.1, -0.05) is 19.1 Å². The van der Waals surface area contributed by atoms with E-state index >= 15 is 0 Å². The zero-order chi connectivity index (χ0) is 16.2. The van der Waals surface area contributed by atoms with Gasteiger partial charge in [0, 0.05) is 12.6 Å². The average molecular weight is 291 g/mol. The molecule has 0 aromatic heterocycles. The lowest BCUT2D eigenvalue weighted by Crippen LogP contribution is -2.24. The van der Waals surface area contributed by atoms with Crippen LogP contribution in [0.2, 0.25) is 0 Å². The molecule has 116 valence electrons. The standard InChI is InChI=1S/C17H25NO3/c1-11(10-16(20)21-17(4,5)6)14-8-7-9-15(12(14)2)18-13(3)19/h7-9,11H,10H2,1-6H3,(H,18,19). The monoisotopic (exact) mass is 291 g/mol. The Labute approximate surface area is 126 Å². The van der Waals surface area contributed by atoms with E-state index in [1.807, 2.05) is 52.8 Å². The number of ether oxygens (including phenoxy) is 1. The Balaban J connectivity index is 2.85. The topological polar surface area (TPSA) is 55.4 Å². The van der Waals surface area contributed by atoms with Crippen LogP contribution < -0.4 is 5.32 Å². The summed E-state index contributed by atoms with van der Waals surface area (Å²) in [7, 11) is 0. The van der Waals surface area contributed by atoms with E-state index in [0.29, 0.717) is 6.42 Å². The number of rotatable bonds is 4. The van der Waals surface area contributed by atoms with Gasteiger partial charge in [-0.15, -0.1) is 0 Å². The van der Waals surface area contributed by atoms with Gasteiger partial charge in [0.1, 0.15) is 5.60 Å². The lowest BCUT2D eigenvalue weighted by molar-refractivity contribution is -0.155. The van der Waals surface area contributed by atoms with Crippen LogP contribution in [-0.2, 0) is 14.3 Å². The average Bonchev–Trinajstić information content (AvgIpc) is 2.28. The second-order valence-electron chi connectivity index (χ2n) is 6.39. The molecule has 0 aliphatic heterocycles. The van der Waals surface area contributed by atoms with Gasteiger partial charge in [-0.3, -0.25) is 9.59 Å². The molecule has 1 aromatic rings. The summed E-state index contributed by atoms with van der Waals surface area (Å²) >= 11 is 0. The van der Waals surface area contributed by atoms with Crippen molar-refractivity contribution in [2.45, 2.75) is 59.5 Å². The van der Waals surface area contributed by atoms with E-state index in [2.05, 4.69) is 5.32 Å². The molecule has 1 amide bonds. The maximum absolute atomic E-state index is 11.9. The lowest BCUT2D eigenvalue weighted by Gasteiger charge is -2.22. The molecule has 0 spiro atoms. The zero-order valence-corrected chi connectivity index (χ0v) is 13.7. The van der Waals surface area contributed by atoms with E-state index in [4.69, 9.17) is 4.74 Å². The minimum atomic E-state index is -0.468. The van der Waals surface area contributed by atoms with Gasteiger partial charge in [-0.2, -0.15) is 0 Å². The SMILES string of the molecule is CC(=O)Nc1cccc(C(C)CC(=O)OC(C)(C)C)c1C. The van der Waals surface area contributed by atoms with Crippen molar-refractivity contribution in [3.63, 3.8) is 0 Å². The summed E-state index contributed by atoms with van der Waals surface area (Å²) in [6.45, 7) is 11.0. The van der Waals surface area contributed by atoms with E-state index < -0.39 is 5.60 Å². The first-order chi connectivity index (χ1) is 9.60. The number of anilines is 1. The summed E-state index contributed by atoms with van der Waals surface area (Å²) in [5, 5.41) is 2.80. The fraction of sp³-hybridized carbons (Fsp3) is 0.529. The number of esters is 1. The number of hydrogen-bond acceptors (Lipinski definition) is 3. The van der Waals surface area contributed by atoms with Crippen LogP contribution in [0.5, 0.6) is 0 Å². The van der Waals surface area contributed by atoms with E-state index in [1.165, 1.54) is 6.92 Å². The molecular weight excluding hydrogens is 266 g/mol. The molecular formula is C17H25NO3. The van der Waals surface area contributed by atoms with Gasteiger partial charge in [-0.05, 0) is 50.8 Å². The van der Waals surface area contributed by atoms with E-state index in [9.17, 15) is 9.59 Å². The molecule has 0 fully saturated rings. The summed E-state index contributed by atoms with van der Waals surface area (Å²) in [6, 6.07) is 5.73. The van der Waals surface area contributed by atoms with Gasteiger partial charge >= 0.3 is 5.97 Å². The van der Waals surface area contributed by atoms with E-state index in [-0.39, 0.29) is 17.8 Å². The Hall–Kier alpha value is -1.84. The van der Waals surface area contributed by atoms with Gasteiger partial charge in [0.15, 0.2) is 0 Å². The highest BCUT2D eigenvalue weighted by Gasteiger charge is 2.20. The molecule has 1 atom stereocenters. The molecule has 1 aromatic carbocycles. The van der Waals surface area contributed by atoms with Crippen molar-refractivity contribution in [3.8, 4) is 0 Å². The molecule has 21 heavy (non-hydrogen) atoms. The van der Waals surface area contributed by atoms with Crippen LogP contribution in [-0.4, -0.2) is 17.5 Å². The molecule has 4 heteroatoms. The summed E-state index contributed by atoms with van der Waals surface area (Å²) in [4.78, 5) is 23.1. The smallest absolute Gasteiger partial charge is 0.306 e. The summed E-state index contributed by atoms with van der Waals surface area (Å²) in [5.74, 6) is -0.275. The molecule has 0 saturated carbocycles. The van der Waals surface area contributed by atoms with Crippen LogP contribution in [0.25, 0.3) is 0 Å². The van der Waals surface area contributed by atoms with Crippen LogP contribution in [0.15, 0.2) is 18.2 Å². The van der Waals surface area contributed by atoms with Crippen molar-refractivity contribution in [2.75, 3.05) is 5.32 Å². The van der Waals surface area contributed by atoms with Gasteiger partial charge in [0.05, 0.1) is 6.42 Å². The van der Waals surface area contributed by atoms with Gasteiger partial charge < -0.3 is 10.1 Å². The maximum Gasteiger partial charge on any atom is 0.306 e. The Morgan fingerprint density at radius 2 is 1.90 bits per heavy atom. The zero-order valence-electron chi connectivity index (χ0n) is 13.7. The highest BCUT2D eigenvalue weighted by molar-refractivity contribution is 5.89.